The fourth-order valence-corrected chi connectivity index (χ4v) is 5.63. The van der Waals surface area contributed by atoms with Crippen molar-refractivity contribution in [3.63, 3.8) is 0 Å². The Hall–Kier alpha value is -2.09. The first-order valence-corrected chi connectivity index (χ1v) is 11.2. The van der Waals surface area contributed by atoms with Gasteiger partial charge < -0.3 is 28.6 Å². The molecule has 2 bridgehead atoms. The zero-order valence-corrected chi connectivity index (χ0v) is 20.0. The summed E-state index contributed by atoms with van der Waals surface area (Å²) in [6, 6.07) is 5.84. The lowest BCUT2D eigenvalue weighted by Crippen LogP contribution is -2.62. The molecule has 7 heteroatoms. The fourth-order valence-electron chi connectivity index (χ4n) is 5.63. The number of allylic oxidation sites excluding steroid dienone is 1. The van der Waals surface area contributed by atoms with Gasteiger partial charge in [-0.25, -0.2) is 0 Å². The highest BCUT2D eigenvalue weighted by atomic mass is 16.7. The Labute approximate surface area is 191 Å². The highest BCUT2D eigenvalue weighted by Gasteiger charge is 2.55. The van der Waals surface area contributed by atoms with E-state index in [0.717, 1.165) is 31.4 Å². The number of benzene rings is 1. The molecule has 3 atom stereocenters. The van der Waals surface area contributed by atoms with E-state index in [9.17, 15) is 4.79 Å². The number of nitrogens with zero attached hydrogens (tertiary/aromatic N) is 1. The molecule has 32 heavy (non-hydrogen) atoms. The first kappa shape index (κ1) is 24.6. The van der Waals surface area contributed by atoms with Crippen molar-refractivity contribution in [3.05, 3.63) is 29.8 Å². The predicted octanol–water partition coefficient (Wildman–Crippen LogP) is 3.97. The molecule has 0 spiro atoms. The molecule has 1 amide bonds. The molecule has 0 radical (unpaired) electrons. The van der Waals surface area contributed by atoms with Gasteiger partial charge in [0.25, 0.3) is 0 Å². The molecule has 1 heterocycles. The molecule has 0 aromatic heterocycles. The lowest BCUT2D eigenvalue weighted by atomic mass is 9.52. The molecule has 0 N–H and O–H groups in total. The number of fused-ring (bicyclic) bond motifs is 2. The van der Waals surface area contributed by atoms with Crippen LogP contribution in [0.25, 0.3) is 6.08 Å². The first-order chi connectivity index (χ1) is 15.4. The van der Waals surface area contributed by atoms with E-state index in [1.54, 1.807) is 28.3 Å². The summed E-state index contributed by atoms with van der Waals surface area (Å²) in [6.45, 7) is 6.39. The SMILES string of the molecule is COCOC[C@@]12CCC[C@@](C)(CN(C(C)=O)C1)[C@H]2/C=C/c1cccc(OCOC)c1OC. The van der Waals surface area contributed by atoms with Gasteiger partial charge in [-0.15, -0.1) is 0 Å². The predicted molar refractivity (Wildman–Crippen MR) is 122 cm³/mol. The number of para-hydroxylation sites is 1. The summed E-state index contributed by atoms with van der Waals surface area (Å²) >= 11 is 0. The molecule has 2 fully saturated rings. The Morgan fingerprint density at radius 3 is 2.62 bits per heavy atom. The molecule has 2 aliphatic rings. The number of hydrogen-bond acceptors (Lipinski definition) is 6. The maximum atomic E-state index is 12.3. The van der Waals surface area contributed by atoms with Crippen molar-refractivity contribution in [2.24, 2.45) is 16.7 Å². The second-order valence-corrected chi connectivity index (χ2v) is 9.27. The average molecular weight is 448 g/mol. The molecule has 3 rings (SSSR count). The van der Waals surface area contributed by atoms with Crippen molar-refractivity contribution in [2.75, 3.05) is 54.6 Å². The van der Waals surface area contributed by atoms with E-state index in [1.165, 1.54) is 0 Å². The third-order valence-corrected chi connectivity index (χ3v) is 6.94. The zero-order valence-electron chi connectivity index (χ0n) is 20.0. The first-order valence-electron chi connectivity index (χ1n) is 11.2. The number of carbonyl (C=O) groups excluding carboxylic acids is 1. The van der Waals surface area contributed by atoms with Crippen LogP contribution in [0.15, 0.2) is 24.3 Å². The minimum absolute atomic E-state index is 0.0213. The summed E-state index contributed by atoms with van der Waals surface area (Å²) in [5, 5.41) is 0. The largest absolute Gasteiger partial charge is 0.492 e. The van der Waals surface area contributed by atoms with Crippen LogP contribution in [0.1, 0.15) is 38.7 Å². The van der Waals surface area contributed by atoms with E-state index >= 15 is 0 Å². The summed E-state index contributed by atoms with van der Waals surface area (Å²) in [5.74, 6) is 1.71. The van der Waals surface area contributed by atoms with Crippen molar-refractivity contribution in [1.29, 1.82) is 0 Å². The highest BCUT2D eigenvalue weighted by molar-refractivity contribution is 5.73. The molecular formula is C25H37NO6. The van der Waals surface area contributed by atoms with Crippen LogP contribution in [0.3, 0.4) is 0 Å². The number of piperidine rings is 1. The monoisotopic (exact) mass is 447 g/mol. The van der Waals surface area contributed by atoms with Crippen LogP contribution in [-0.4, -0.2) is 65.4 Å². The van der Waals surface area contributed by atoms with Gasteiger partial charge in [0, 0.05) is 45.2 Å². The van der Waals surface area contributed by atoms with Crippen molar-refractivity contribution in [2.45, 2.75) is 33.1 Å². The van der Waals surface area contributed by atoms with Gasteiger partial charge in [-0.3, -0.25) is 4.79 Å². The third kappa shape index (κ3) is 5.11. The van der Waals surface area contributed by atoms with Crippen LogP contribution >= 0.6 is 0 Å². The van der Waals surface area contributed by atoms with Crippen LogP contribution < -0.4 is 9.47 Å². The number of hydrogen-bond donors (Lipinski definition) is 0. The molecule has 1 aromatic rings. The Morgan fingerprint density at radius 2 is 1.94 bits per heavy atom. The minimum Gasteiger partial charge on any atom is -0.492 e. The van der Waals surface area contributed by atoms with Gasteiger partial charge in [0.15, 0.2) is 18.3 Å². The van der Waals surface area contributed by atoms with Crippen LogP contribution in [0.5, 0.6) is 11.5 Å². The van der Waals surface area contributed by atoms with Gasteiger partial charge in [-0.2, -0.15) is 0 Å². The molecule has 1 aliphatic carbocycles. The molecule has 0 unspecified atom stereocenters. The van der Waals surface area contributed by atoms with Gasteiger partial charge >= 0.3 is 0 Å². The van der Waals surface area contributed by atoms with Gasteiger partial charge in [0.1, 0.15) is 6.79 Å². The van der Waals surface area contributed by atoms with E-state index in [-0.39, 0.29) is 36.2 Å². The number of amides is 1. The molecule has 1 saturated heterocycles. The molecule has 7 nitrogen and oxygen atoms in total. The summed E-state index contributed by atoms with van der Waals surface area (Å²) in [5.41, 5.74) is 0.778. The number of rotatable bonds is 10. The number of likely N-dealkylation sites (tertiary alicyclic amines) is 1. The van der Waals surface area contributed by atoms with Crippen LogP contribution in [-0.2, 0) is 19.0 Å². The fraction of sp³-hybridized carbons (Fsp3) is 0.640. The number of ether oxygens (including phenoxy) is 5. The van der Waals surface area contributed by atoms with E-state index in [4.69, 9.17) is 23.7 Å². The summed E-state index contributed by atoms with van der Waals surface area (Å²) in [6.07, 6.45) is 7.64. The Kier molecular flexibility index (Phi) is 8.20. The van der Waals surface area contributed by atoms with E-state index < -0.39 is 0 Å². The normalized spacial score (nSPS) is 27.5. The Balaban J connectivity index is 1.95. The van der Waals surface area contributed by atoms with Gasteiger partial charge in [-0.1, -0.05) is 37.6 Å². The maximum Gasteiger partial charge on any atom is 0.219 e. The second kappa shape index (κ2) is 10.7. The smallest absolute Gasteiger partial charge is 0.219 e. The van der Waals surface area contributed by atoms with E-state index in [0.29, 0.717) is 24.7 Å². The Bertz CT molecular complexity index is 812. The molecule has 178 valence electrons. The van der Waals surface area contributed by atoms with Crippen molar-refractivity contribution in [3.8, 4) is 11.5 Å². The maximum absolute atomic E-state index is 12.3. The third-order valence-electron chi connectivity index (χ3n) is 6.94. The standard InChI is InChI=1S/C25H37NO6/c1-19(27)26-14-24(2)12-7-13-25(15-26,16-31-17-28-3)22(24)11-10-20-8-6-9-21(23(20)30-5)32-18-29-4/h6,8-11,22H,7,12-18H2,1-5H3/b11-10+/t22-,24+,25-/m1/s1. The summed E-state index contributed by atoms with van der Waals surface area (Å²) < 4.78 is 27.4. The summed E-state index contributed by atoms with van der Waals surface area (Å²) in [4.78, 5) is 14.3. The lowest BCUT2D eigenvalue weighted by molar-refractivity contribution is -0.161. The Morgan fingerprint density at radius 1 is 1.16 bits per heavy atom. The molecule has 1 saturated carbocycles. The number of carbonyl (C=O) groups is 1. The van der Waals surface area contributed by atoms with Crippen molar-refractivity contribution in [1.82, 2.24) is 4.90 Å². The van der Waals surface area contributed by atoms with Gasteiger partial charge in [-0.05, 0) is 30.2 Å². The zero-order chi connectivity index (χ0) is 23.2. The van der Waals surface area contributed by atoms with E-state index in [2.05, 4.69) is 19.1 Å². The molecular weight excluding hydrogens is 410 g/mol. The molecule has 1 aromatic carbocycles. The van der Waals surface area contributed by atoms with Crippen LogP contribution in [0, 0.1) is 16.7 Å². The minimum atomic E-state index is -0.149. The lowest BCUT2D eigenvalue weighted by Gasteiger charge is -2.59. The average Bonchev–Trinajstić information content (AvgIpc) is 2.76. The topological polar surface area (TPSA) is 66.5 Å². The second-order valence-electron chi connectivity index (χ2n) is 9.27. The molecule has 1 aliphatic heterocycles. The van der Waals surface area contributed by atoms with E-state index in [1.807, 2.05) is 23.1 Å². The summed E-state index contributed by atoms with van der Waals surface area (Å²) in [7, 11) is 4.87. The van der Waals surface area contributed by atoms with Crippen LogP contribution in [0.4, 0.5) is 0 Å². The van der Waals surface area contributed by atoms with Crippen molar-refractivity contribution < 1.29 is 28.5 Å². The van der Waals surface area contributed by atoms with Gasteiger partial charge in [0.05, 0.1) is 13.7 Å². The van der Waals surface area contributed by atoms with Gasteiger partial charge in [0.2, 0.25) is 5.91 Å². The quantitative estimate of drug-likeness (QED) is 0.399. The van der Waals surface area contributed by atoms with Crippen molar-refractivity contribution >= 4 is 12.0 Å². The highest BCUT2D eigenvalue weighted by Crippen LogP contribution is 2.56. The van der Waals surface area contributed by atoms with Crippen LogP contribution in [0.2, 0.25) is 0 Å². The number of methoxy groups -OCH3 is 3.